The fraction of sp³-hybridized carbons (Fsp3) is 0.875. The van der Waals surface area contributed by atoms with Crippen molar-refractivity contribution in [1.29, 1.82) is 0 Å². The van der Waals surface area contributed by atoms with Crippen LogP contribution in [0.1, 0.15) is 0 Å². The first-order chi connectivity index (χ1) is 7.11. The summed E-state index contributed by atoms with van der Waals surface area (Å²) in [6.45, 7) is 0. The Morgan fingerprint density at radius 1 is 1.50 bits per heavy atom. The van der Waals surface area contributed by atoms with E-state index in [-0.39, 0.29) is 40.6 Å². The average molecular weight is 392 g/mol. The molecule has 16 heavy (non-hydrogen) atoms. The zero-order chi connectivity index (χ0) is 10.6. The largest absolute Gasteiger partial charge is 0.341 e. The van der Waals surface area contributed by atoms with E-state index in [1.165, 1.54) is 0 Å². The van der Waals surface area contributed by atoms with Crippen LogP contribution in [-0.2, 0) is 9.84 Å². The first kappa shape index (κ1) is 13.2. The van der Waals surface area contributed by atoms with Crippen LogP contribution in [0.4, 0.5) is 0 Å². The summed E-state index contributed by atoms with van der Waals surface area (Å²) in [7, 11) is -2.85. The number of rotatable bonds is 1. The molecule has 0 aromatic carbocycles. The molecular weight excluding hydrogens is 380 g/mol. The molecule has 0 N–H and O–H groups in total. The molecule has 0 bridgehead atoms. The summed E-state index contributed by atoms with van der Waals surface area (Å²) in [6, 6.07) is 0.527. The standard InChI is InChI=1S/C8H11BrN2O2S2.BrH/c9-1-5-2-14-8-10-6-3-15(12,13)4-7(6)11(5)8;/h5-7H,1-4H2;1H/t5?,6-,7+;/m0./s1. The second kappa shape index (κ2) is 4.44. The lowest BCUT2D eigenvalue weighted by Gasteiger charge is -2.26. The fourth-order valence-corrected chi connectivity index (χ4v) is 6.42. The third-order valence-electron chi connectivity index (χ3n) is 3.12. The molecule has 0 aromatic heterocycles. The van der Waals surface area contributed by atoms with Crippen molar-refractivity contribution in [2.75, 3.05) is 22.6 Å². The van der Waals surface area contributed by atoms with Gasteiger partial charge in [0.25, 0.3) is 0 Å². The van der Waals surface area contributed by atoms with Gasteiger partial charge in [-0.3, -0.25) is 4.99 Å². The van der Waals surface area contributed by atoms with Crippen LogP contribution in [0.15, 0.2) is 4.99 Å². The van der Waals surface area contributed by atoms with E-state index in [1.807, 2.05) is 0 Å². The number of nitrogens with zero attached hydrogens (tertiary/aromatic N) is 2. The Morgan fingerprint density at radius 2 is 2.25 bits per heavy atom. The van der Waals surface area contributed by atoms with Crippen molar-refractivity contribution in [1.82, 2.24) is 4.90 Å². The van der Waals surface area contributed by atoms with Gasteiger partial charge in [0.2, 0.25) is 0 Å². The van der Waals surface area contributed by atoms with Crippen molar-refractivity contribution in [3.05, 3.63) is 0 Å². The SMILES string of the molecule is Br.O=S1(=O)C[C@@H]2N=C3SCC(CBr)N3[C@@H]2C1. The van der Waals surface area contributed by atoms with Gasteiger partial charge in [-0.15, -0.1) is 17.0 Å². The molecule has 0 radical (unpaired) electrons. The molecule has 0 spiro atoms. The summed E-state index contributed by atoms with van der Waals surface area (Å²) in [5.41, 5.74) is 0. The van der Waals surface area contributed by atoms with E-state index in [0.717, 1.165) is 16.3 Å². The maximum Gasteiger partial charge on any atom is 0.160 e. The Bertz CT molecular complexity index is 426. The van der Waals surface area contributed by atoms with E-state index in [4.69, 9.17) is 0 Å². The monoisotopic (exact) mass is 390 g/mol. The second-order valence-electron chi connectivity index (χ2n) is 4.15. The van der Waals surface area contributed by atoms with Crippen LogP contribution >= 0.6 is 44.7 Å². The summed E-state index contributed by atoms with van der Waals surface area (Å²) in [5, 5.41) is 1.95. The summed E-state index contributed by atoms with van der Waals surface area (Å²) >= 11 is 5.23. The second-order valence-corrected chi connectivity index (χ2v) is 7.94. The minimum atomic E-state index is -2.85. The smallest absolute Gasteiger partial charge is 0.160 e. The van der Waals surface area contributed by atoms with Crippen molar-refractivity contribution >= 4 is 59.7 Å². The molecule has 3 aliphatic heterocycles. The molecule has 0 aliphatic carbocycles. The lowest BCUT2D eigenvalue weighted by atomic mass is 10.1. The van der Waals surface area contributed by atoms with Gasteiger partial charge >= 0.3 is 0 Å². The van der Waals surface area contributed by atoms with Crippen molar-refractivity contribution in [3.63, 3.8) is 0 Å². The molecule has 3 rings (SSSR count). The quantitative estimate of drug-likeness (QED) is 0.623. The first-order valence-corrected chi connectivity index (χ1v) is 8.79. The molecule has 0 saturated carbocycles. The van der Waals surface area contributed by atoms with Gasteiger partial charge < -0.3 is 4.90 Å². The van der Waals surface area contributed by atoms with Gasteiger partial charge in [-0.05, 0) is 0 Å². The van der Waals surface area contributed by atoms with Gasteiger partial charge in [0.05, 0.1) is 29.6 Å². The highest BCUT2D eigenvalue weighted by molar-refractivity contribution is 9.09. The zero-order valence-corrected chi connectivity index (χ0v) is 13.3. The van der Waals surface area contributed by atoms with Crippen LogP contribution in [0.5, 0.6) is 0 Å². The number of thioether (sulfide) groups is 1. The Labute approximate surface area is 118 Å². The molecular formula is C8H12Br2N2O2S2. The molecule has 3 heterocycles. The van der Waals surface area contributed by atoms with Gasteiger partial charge in [0, 0.05) is 11.1 Å². The van der Waals surface area contributed by atoms with Gasteiger partial charge in [0.1, 0.15) is 0 Å². The Balaban J connectivity index is 0.000000963. The molecule has 3 aliphatic rings. The molecule has 1 unspecified atom stereocenters. The highest BCUT2D eigenvalue weighted by atomic mass is 79.9. The van der Waals surface area contributed by atoms with E-state index >= 15 is 0 Å². The number of alkyl halides is 1. The highest BCUT2D eigenvalue weighted by Gasteiger charge is 2.50. The number of hydrogen-bond acceptors (Lipinski definition) is 5. The maximum atomic E-state index is 11.5. The molecule has 92 valence electrons. The topological polar surface area (TPSA) is 49.7 Å². The van der Waals surface area contributed by atoms with Crippen LogP contribution in [0.2, 0.25) is 0 Å². The maximum absolute atomic E-state index is 11.5. The number of fused-ring (bicyclic) bond motifs is 3. The van der Waals surface area contributed by atoms with E-state index < -0.39 is 9.84 Å². The normalized spacial score (nSPS) is 38.9. The fourth-order valence-electron chi connectivity index (χ4n) is 2.46. The lowest BCUT2D eigenvalue weighted by molar-refractivity contribution is 0.310. The summed E-state index contributed by atoms with van der Waals surface area (Å²) in [5.74, 6) is 1.55. The third kappa shape index (κ3) is 1.95. The number of hydrogen-bond donors (Lipinski definition) is 0. The first-order valence-electron chi connectivity index (χ1n) is 4.86. The number of halogens is 2. The minimum absolute atomic E-state index is 0. The van der Waals surface area contributed by atoms with E-state index in [1.54, 1.807) is 11.8 Å². The Kier molecular flexibility index (Phi) is 3.65. The number of sulfone groups is 1. The minimum Gasteiger partial charge on any atom is -0.341 e. The predicted octanol–water partition coefficient (Wildman–Crippen LogP) is 0.912. The van der Waals surface area contributed by atoms with Gasteiger partial charge in [0.15, 0.2) is 15.0 Å². The van der Waals surface area contributed by atoms with Crippen molar-refractivity contribution in [3.8, 4) is 0 Å². The molecule has 2 fully saturated rings. The van der Waals surface area contributed by atoms with E-state index in [9.17, 15) is 8.42 Å². The van der Waals surface area contributed by atoms with Crippen LogP contribution in [0.25, 0.3) is 0 Å². The van der Waals surface area contributed by atoms with Crippen LogP contribution in [0.3, 0.4) is 0 Å². The third-order valence-corrected chi connectivity index (χ3v) is 6.70. The summed E-state index contributed by atoms with van der Waals surface area (Å²) < 4.78 is 23.0. The molecule has 3 atom stereocenters. The van der Waals surface area contributed by atoms with Gasteiger partial charge in [-0.2, -0.15) is 0 Å². The van der Waals surface area contributed by atoms with Crippen LogP contribution < -0.4 is 0 Å². The summed E-state index contributed by atoms with van der Waals surface area (Å²) in [6.07, 6.45) is 0. The molecule has 8 heteroatoms. The van der Waals surface area contributed by atoms with Crippen molar-refractivity contribution in [2.45, 2.75) is 18.1 Å². The van der Waals surface area contributed by atoms with Crippen molar-refractivity contribution < 1.29 is 8.42 Å². The molecule has 2 saturated heterocycles. The van der Waals surface area contributed by atoms with E-state index in [0.29, 0.717) is 6.04 Å². The van der Waals surface area contributed by atoms with Gasteiger partial charge in [-0.25, -0.2) is 8.42 Å². The molecule has 0 amide bonds. The average Bonchev–Trinajstić information content (AvgIpc) is 2.73. The number of amidine groups is 1. The molecule has 4 nitrogen and oxygen atoms in total. The summed E-state index contributed by atoms with van der Waals surface area (Å²) in [4.78, 5) is 6.73. The Hall–Kier alpha value is 0.730. The highest BCUT2D eigenvalue weighted by Crippen LogP contribution is 2.38. The zero-order valence-electron chi connectivity index (χ0n) is 8.37. The van der Waals surface area contributed by atoms with Crippen LogP contribution in [0, 0.1) is 0 Å². The van der Waals surface area contributed by atoms with Gasteiger partial charge in [-0.1, -0.05) is 27.7 Å². The lowest BCUT2D eigenvalue weighted by Crippen LogP contribution is -2.43. The van der Waals surface area contributed by atoms with Crippen molar-refractivity contribution in [2.24, 2.45) is 4.99 Å². The van der Waals surface area contributed by atoms with E-state index in [2.05, 4.69) is 25.8 Å². The van der Waals surface area contributed by atoms with Crippen LogP contribution in [-0.4, -0.2) is 59.2 Å². The molecule has 0 aromatic rings. The Morgan fingerprint density at radius 3 is 2.94 bits per heavy atom. The predicted molar refractivity (Wildman–Crippen MR) is 75.9 cm³/mol. The number of aliphatic imine (C=N–C) groups is 1.